The topological polar surface area (TPSA) is 233 Å². The molecule has 43 heavy (non-hydrogen) atoms. The smallest absolute Gasteiger partial charge is 0.336 e. The van der Waals surface area contributed by atoms with Gasteiger partial charge in [0.25, 0.3) is 21.9 Å². The van der Waals surface area contributed by atoms with Crippen molar-refractivity contribution in [3.8, 4) is 11.1 Å². The lowest BCUT2D eigenvalue weighted by Gasteiger charge is -2.19. The molecule has 0 spiro atoms. The van der Waals surface area contributed by atoms with Gasteiger partial charge in [0.05, 0.1) is 24.5 Å². The molecule has 1 aromatic heterocycles. The van der Waals surface area contributed by atoms with Gasteiger partial charge < -0.3 is 26.6 Å². The molecule has 0 aliphatic rings. The van der Waals surface area contributed by atoms with Gasteiger partial charge in [-0.25, -0.2) is 9.78 Å². The molecule has 2 aromatic carbocycles. The van der Waals surface area contributed by atoms with Crippen molar-refractivity contribution in [2.24, 2.45) is 11.7 Å². The summed E-state index contributed by atoms with van der Waals surface area (Å²) >= 11 is 0. The Morgan fingerprint density at radius 3 is 2.05 bits per heavy atom. The van der Waals surface area contributed by atoms with E-state index in [9.17, 15) is 33.0 Å². The lowest BCUT2D eigenvalue weighted by molar-refractivity contribution is 0.0697. The van der Waals surface area contributed by atoms with Crippen LogP contribution in [-0.2, 0) is 10.1 Å². The average molecular weight is 614 g/mol. The number of rotatable bonds is 10. The van der Waals surface area contributed by atoms with Crippen LogP contribution >= 0.6 is 0 Å². The standard InChI is InChI=1S/C28H31N5O5.CH4O3S/c1-15(2)12-20(14-34)33-26(35)18-7-11-21(23(13-18)28(37)38)22-10-4-16(3)31-24(22)27(36)32-19-8-5-17(6-9-19)25(29)30;1-5(2,3)4/h4-11,13,15,20,34H,12,14H2,1-3H3,(H3,29,30)(H,32,36)(H,33,35)(H,37,38);1H3,(H,2,3,4). The highest BCUT2D eigenvalue weighted by atomic mass is 32.2. The number of nitrogens with two attached hydrogens (primary N) is 1. The van der Waals surface area contributed by atoms with Gasteiger partial charge in [-0.1, -0.05) is 26.0 Å². The van der Waals surface area contributed by atoms with Crippen LogP contribution in [0.15, 0.2) is 54.6 Å². The van der Waals surface area contributed by atoms with Crippen LogP contribution < -0.4 is 16.4 Å². The number of carboxylic acid groups (broad SMARTS) is 1. The summed E-state index contributed by atoms with van der Waals surface area (Å²) < 4.78 is 25.9. The molecule has 3 rings (SSSR count). The molecule has 1 unspecified atom stereocenters. The maximum atomic E-state index is 13.2. The van der Waals surface area contributed by atoms with Gasteiger partial charge in [-0.15, -0.1) is 0 Å². The number of pyridine rings is 1. The second-order valence-electron chi connectivity index (χ2n) is 10.1. The van der Waals surface area contributed by atoms with Crippen LogP contribution in [0.2, 0.25) is 0 Å². The van der Waals surface area contributed by atoms with Gasteiger partial charge >= 0.3 is 5.97 Å². The molecular weight excluding hydrogens is 578 g/mol. The number of aliphatic hydroxyl groups excluding tert-OH is 1. The minimum atomic E-state index is -3.67. The first-order valence-corrected chi connectivity index (χ1v) is 14.8. The third-order valence-corrected chi connectivity index (χ3v) is 5.82. The number of carbonyl (C=O) groups is 3. The third-order valence-electron chi connectivity index (χ3n) is 5.82. The van der Waals surface area contributed by atoms with Crippen molar-refractivity contribution in [3.05, 3.63) is 82.7 Å². The van der Waals surface area contributed by atoms with E-state index in [2.05, 4.69) is 15.6 Å². The van der Waals surface area contributed by atoms with Crippen LogP contribution in [-0.4, -0.2) is 70.7 Å². The molecule has 0 fully saturated rings. The minimum absolute atomic E-state index is 0.0117. The molecule has 8 N–H and O–H groups in total. The first-order chi connectivity index (χ1) is 20.0. The Hall–Kier alpha value is -4.66. The maximum absolute atomic E-state index is 13.2. The molecule has 3 aromatic rings. The Labute approximate surface area is 249 Å². The first kappa shape index (κ1) is 34.5. The molecule has 14 heteroatoms. The van der Waals surface area contributed by atoms with E-state index in [-0.39, 0.29) is 46.3 Å². The normalized spacial score (nSPS) is 11.6. The molecule has 0 aliphatic heterocycles. The molecule has 0 bridgehead atoms. The number of anilines is 1. The Morgan fingerprint density at radius 1 is 0.977 bits per heavy atom. The van der Waals surface area contributed by atoms with Crippen molar-refractivity contribution in [1.29, 1.82) is 5.41 Å². The number of nitrogen functional groups attached to an aromatic ring is 1. The Kier molecular flexibility index (Phi) is 12.0. The van der Waals surface area contributed by atoms with E-state index in [4.69, 9.17) is 15.7 Å². The molecular formula is C29H35N5O8S. The number of nitrogens with one attached hydrogen (secondary N) is 3. The Balaban J connectivity index is 0.00000119. The number of amides is 2. The van der Waals surface area contributed by atoms with Crippen molar-refractivity contribution >= 4 is 39.4 Å². The van der Waals surface area contributed by atoms with Crippen LogP contribution in [0.3, 0.4) is 0 Å². The minimum Gasteiger partial charge on any atom is -0.478 e. The van der Waals surface area contributed by atoms with E-state index >= 15 is 0 Å². The second-order valence-corrected chi connectivity index (χ2v) is 11.5. The molecule has 1 atom stereocenters. The quantitative estimate of drug-likeness (QED) is 0.100. The van der Waals surface area contributed by atoms with E-state index in [0.29, 0.717) is 29.6 Å². The van der Waals surface area contributed by atoms with Crippen LogP contribution in [0.25, 0.3) is 11.1 Å². The lowest BCUT2D eigenvalue weighted by atomic mass is 9.95. The van der Waals surface area contributed by atoms with Gasteiger partial charge in [0.1, 0.15) is 11.5 Å². The summed E-state index contributed by atoms with van der Waals surface area (Å²) in [6.07, 6.45) is 1.28. The van der Waals surface area contributed by atoms with Crippen molar-refractivity contribution in [1.82, 2.24) is 10.3 Å². The van der Waals surface area contributed by atoms with Crippen molar-refractivity contribution in [2.45, 2.75) is 33.2 Å². The third kappa shape index (κ3) is 10.9. The van der Waals surface area contributed by atoms with Crippen molar-refractivity contribution in [2.75, 3.05) is 18.2 Å². The first-order valence-electron chi connectivity index (χ1n) is 13.0. The van der Waals surface area contributed by atoms with Gasteiger partial charge in [-0.3, -0.25) is 19.6 Å². The summed E-state index contributed by atoms with van der Waals surface area (Å²) in [5.74, 6) is -2.20. The van der Waals surface area contributed by atoms with Crippen molar-refractivity contribution < 1.29 is 37.6 Å². The molecule has 230 valence electrons. The number of benzene rings is 2. The van der Waals surface area contributed by atoms with E-state index in [0.717, 1.165) is 0 Å². The number of hydrogen-bond donors (Lipinski definition) is 7. The number of carbonyl (C=O) groups excluding carboxylic acids is 2. The summed E-state index contributed by atoms with van der Waals surface area (Å²) in [6.45, 7) is 5.41. The zero-order valence-electron chi connectivity index (χ0n) is 24.1. The van der Waals surface area contributed by atoms with Gasteiger partial charge in [-0.05, 0) is 67.3 Å². The molecule has 2 amide bonds. The fraction of sp³-hybridized carbons (Fsp3) is 0.276. The summed E-state index contributed by atoms with van der Waals surface area (Å²) in [6, 6.07) is 13.4. The zero-order valence-corrected chi connectivity index (χ0v) is 24.9. The van der Waals surface area contributed by atoms with E-state index in [1.807, 2.05) is 13.8 Å². The highest BCUT2D eigenvalue weighted by Crippen LogP contribution is 2.29. The predicted molar refractivity (Wildman–Crippen MR) is 162 cm³/mol. The second kappa shape index (κ2) is 15.0. The highest BCUT2D eigenvalue weighted by Gasteiger charge is 2.22. The van der Waals surface area contributed by atoms with Gasteiger partial charge in [-0.2, -0.15) is 8.42 Å². The largest absolute Gasteiger partial charge is 0.478 e. The van der Waals surface area contributed by atoms with E-state index in [1.165, 1.54) is 18.2 Å². The highest BCUT2D eigenvalue weighted by molar-refractivity contribution is 7.85. The Morgan fingerprint density at radius 2 is 1.53 bits per heavy atom. The Bertz CT molecular complexity index is 1600. The SMILES string of the molecule is CS(=O)(=O)O.Cc1ccc(-c2ccc(C(=O)NC(CO)CC(C)C)cc2C(=O)O)c(C(=O)Nc2ccc(C(=N)N)cc2)n1. The summed E-state index contributed by atoms with van der Waals surface area (Å²) in [4.78, 5) is 42.6. The number of aryl methyl sites for hydroxylation is 1. The zero-order chi connectivity index (χ0) is 32.5. The number of carboxylic acids is 1. The van der Waals surface area contributed by atoms with E-state index < -0.39 is 33.9 Å². The summed E-state index contributed by atoms with van der Waals surface area (Å²) in [7, 11) is -3.67. The number of nitrogens with zero attached hydrogens (tertiary/aromatic N) is 1. The van der Waals surface area contributed by atoms with Crippen LogP contribution in [0.1, 0.15) is 62.7 Å². The number of aromatic nitrogens is 1. The van der Waals surface area contributed by atoms with Crippen LogP contribution in [0.4, 0.5) is 5.69 Å². The fourth-order valence-corrected chi connectivity index (χ4v) is 3.98. The van der Waals surface area contributed by atoms with E-state index in [1.54, 1.807) is 43.3 Å². The number of hydrogen-bond acceptors (Lipinski definition) is 8. The lowest BCUT2D eigenvalue weighted by Crippen LogP contribution is -2.38. The molecule has 13 nitrogen and oxygen atoms in total. The number of amidine groups is 1. The predicted octanol–water partition coefficient (Wildman–Crippen LogP) is 2.93. The maximum Gasteiger partial charge on any atom is 0.336 e. The molecule has 0 saturated heterocycles. The van der Waals surface area contributed by atoms with Crippen LogP contribution in [0.5, 0.6) is 0 Å². The monoisotopic (exact) mass is 613 g/mol. The van der Waals surface area contributed by atoms with Gasteiger partial charge in [0, 0.05) is 28.1 Å². The number of aromatic carboxylic acids is 1. The molecule has 0 aliphatic carbocycles. The van der Waals surface area contributed by atoms with Crippen molar-refractivity contribution in [3.63, 3.8) is 0 Å². The van der Waals surface area contributed by atoms with Crippen LogP contribution in [0, 0.1) is 18.3 Å². The molecule has 0 radical (unpaired) electrons. The molecule has 1 heterocycles. The van der Waals surface area contributed by atoms with Gasteiger partial charge in [0.15, 0.2) is 0 Å². The summed E-state index contributed by atoms with van der Waals surface area (Å²) in [5, 5.41) is 32.5. The molecule has 0 saturated carbocycles. The summed E-state index contributed by atoms with van der Waals surface area (Å²) in [5.41, 5.74) is 7.44. The average Bonchev–Trinajstić information content (AvgIpc) is 2.91. The fourth-order valence-electron chi connectivity index (χ4n) is 3.98. The van der Waals surface area contributed by atoms with Gasteiger partial charge in [0.2, 0.25) is 0 Å². The number of aliphatic hydroxyl groups is 1.